The molecule has 1 aromatic carbocycles. The Balaban J connectivity index is 1.13. The van der Waals surface area contributed by atoms with Crippen molar-refractivity contribution in [3.63, 3.8) is 0 Å². The van der Waals surface area contributed by atoms with Crippen molar-refractivity contribution in [1.82, 2.24) is 24.7 Å². The Labute approximate surface area is 198 Å². The average Bonchev–Trinajstić information content (AvgIpc) is 3.25. The maximum atomic E-state index is 12.7. The van der Waals surface area contributed by atoms with Gasteiger partial charge in [-0.05, 0) is 18.2 Å². The minimum absolute atomic E-state index is 0.271. The van der Waals surface area contributed by atoms with Crippen molar-refractivity contribution < 1.29 is 4.74 Å². The lowest BCUT2D eigenvalue weighted by atomic mass is 10.2. The van der Waals surface area contributed by atoms with Gasteiger partial charge in [-0.3, -0.25) is 18.8 Å². The lowest BCUT2D eigenvalue weighted by Crippen LogP contribution is -2.54. The molecule has 0 amide bonds. The molecular weight excluding hydrogens is 436 g/mol. The predicted octanol–water partition coefficient (Wildman–Crippen LogP) is -0.535. The molecule has 0 bridgehead atoms. The summed E-state index contributed by atoms with van der Waals surface area (Å²) in [6.07, 6.45) is 1.77. The van der Waals surface area contributed by atoms with Gasteiger partial charge in [0.2, 0.25) is 0 Å². The number of methoxy groups -OCH3 is 1. The first-order valence-corrected chi connectivity index (χ1v) is 11.6. The summed E-state index contributed by atoms with van der Waals surface area (Å²) in [5, 5.41) is 10.1. The van der Waals surface area contributed by atoms with Crippen LogP contribution in [0.5, 0.6) is 5.75 Å². The highest BCUT2D eigenvalue weighted by Crippen LogP contribution is 2.30. The van der Waals surface area contributed by atoms with Gasteiger partial charge in [0, 0.05) is 59.9 Å². The third-order valence-corrected chi connectivity index (χ3v) is 6.84. The molecule has 34 heavy (non-hydrogen) atoms. The quantitative estimate of drug-likeness (QED) is 0.517. The standard InChI is InChI=1S/C23H32N8O3/c1-27-20-19(21(32)28(2)23(27)33)31-10-8-18(25-22(31)26-20)24-9-11-29-12-14-30(15-13-29)16-6-4-5-7-17(16)34-3/h4-8,22,24-26H,9-15H2,1-3H3. The molecule has 0 saturated carbocycles. The highest BCUT2D eigenvalue weighted by atomic mass is 16.5. The first-order chi connectivity index (χ1) is 16.5. The van der Waals surface area contributed by atoms with E-state index in [9.17, 15) is 9.59 Å². The van der Waals surface area contributed by atoms with E-state index in [-0.39, 0.29) is 17.5 Å². The molecule has 3 N–H and O–H groups in total. The van der Waals surface area contributed by atoms with Crippen LogP contribution in [0, 0.1) is 0 Å². The molecule has 1 saturated heterocycles. The molecule has 182 valence electrons. The molecular formula is C23H32N8O3. The van der Waals surface area contributed by atoms with Crippen LogP contribution in [0.4, 0.5) is 17.2 Å². The van der Waals surface area contributed by atoms with Crippen molar-refractivity contribution >= 4 is 17.2 Å². The third-order valence-electron chi connectivity index (χ3n) is 6.84. The summed E-state index contributed by atoms with van der Waals surface area (Å²) >= 11 is 0. The third kappa shape index (κ3) is 3.85. The van der Waals surface area contributed by atoms with Crippen LogP contribution in [0.15, 0.2) is 45.8 Å². The number of nitrogens with zero attached hydrogens (tertiary/aromatic N) is 5. The van der Waals surface area contributed by atoms with Crippen molar-refractivity contribution in [2.75, 3.05) is 68.0 Å². The van der Waals surface area contributed by atoms with Gasteiger partial charge < -0.3 is 30.5 Å². The summed E-state index contributed by atoms with van der Waals surface area (Å²) in [6.45, 7) is 6.25. The SMILES string of the molecule is COc1ccccc1N1CCN(CCNC2=CCN3c4c(n(C)c(=O)n(C)c4=O)NC3N2)CC1. The Morgan fingerprint density at radius 1 is 1.06 bits per heavy atom. The first kappa shape index (κ1) is 22.2. The van der Waals surface area contributed by atoms with E-state index in [2.05, 4.69) is 37.9 Å². The van der Waals surface area contributed by atoms with Gasteiger partial charge in [0.05, 0.1) is 18.6 Å². The van der Waals surface area contributed by atoms with E-state index in [0.29, 0.717) is 18.1 Å². The van der Waals surface area contributed by atoms with E-state index in [1.807, 2.05) is 23.1 Å². The van der Waals surface area contributed by atoms with E-state index in [1.165, 1.54) is 11.6 Å². The highest BCUT2D eigenvalue weighted by molar-refractivity contribution is 5.72. The van der Waals surface area contributed by atoms with E-state index in [4.69, 9.17) is 4.74 Å². The first-order valence-electron chi connectivity index (χ1n) is 11.6. The van der Waals surface area contributed by atoms with E-state index >= 15 is 0 Å². The Bertz CT molecular complexity index is 1210. The maximum Gasteiger partial charge on any atom is 0.332 e. The van der Waals surface area contributed by atoms with Crippen molar-refractivity contribution in [3.05, 3.63) is 57.0 Å². The second-order valence-electron chi connectivity index (χ2n) is 8.79. The van der Waals surface area contributed by atoms with E-state index < -0.39 is 0 Å². The second-order valence-corrected chi connectivity index (χ2v) is 8.79. The van der Waals surface area contributed by atoms with Crippen LogP contribution in [0.1, 0.15) is 0 Å². The zero-order valence-electron chi connectivity index (χ0n) is 19.9. The smallest absolute Gasteiger partial charge is 0.332 e. The van der Waals surface area contributed by atoms with Gasteiger partial charge in [0.15, 0.2) is 6.29 Å². The van der Waals surface area contributed by atoms with Gasteiger partial charge >= 0.3 is 5.69 Å². The van der Waals surface area contributed by atoms with Crippen molar-refractivity contribution in [2.24, 2.45) is 14.1 Å². The zero-order chi connectivity index (χ0) is 23.8. The van der Waals surface area contributed by atoms with Crippen LogP contribution >= 0.6 is 0 Å². The van der Waals surface area contributed by atoms with Gasteiger partial charge in [0.25, 0.3) is 5.56 Å². The Hall–Kier alpha value is -3.60. The van der Waals surface area contributed by atoms with E-state index in [1.54, 1.807) is 14.2 Å². The molecule has 0 radical (unpaired) electrons. The molecule has 3 aliphatic heterocycles. The fourth-order valence-corrected chi connectivity index (χ4v) is 4.87. The molecule has 1 fully saturated rings. The average molecular weight is 469 g/mol. The normalized spacial score (nSPS) is 19.6. The molecule has 1 atom stereocenters. The molecule has 5 rings (SSSR count). The monoisotopic (exact) mass is 468 g/mol. The molecule has 3 aliphatic rings. The molecule has 4 heterocycles. The summed E-state index contributed by atoms with van der Waals surface area (Å²) in [5.41, 5.74) is 1.05. The molecule has 1 aromatic heterocycles. The van der Waals surface area contributed by atoms with Crippen LogP contribution in [0.3, 0.4) is 0 Å². The highest BCUT2D eigenvalue weighted by Gasteiger charge is 2.36. The summed E-state index contributed by atoms with van der Waals surface area (Å²) in [4.78, 5) is 31.7. The van der Waals surface area contributed by atoms with Gasteiger partial charge in [0.1, 0.15) is 17.3 Å². The topological polar surface area (TPSA) is 99.0 Å². The van der Waals surface area contributed by atoms with Crippen molar-refractivity contribution in [2.45, 2.75) is 6.29 Å². The maximum absolute atomic E-state index is 12.7. The predicted molar refractivity (Wildman–Crippen MR) is 133 cm³/mol. The summed E-state index contributed by atoms with van der Waals surface area (Å²) in [5.74, 6) is 2.40. The van der Waals surface area contributed by atoms with Gasteiger partial charge in [-0.2, -0.15) is 0 Å². The number of piperazine rings is 1. The van der Waals surface area contributed by atoms with Crippen molar-refractivity contribution in [3.8, 4) is 5.75 Å². The number of anilines is 3. The van der Waals surface area contributed by atoms with Crippen LogP contribution in [-0.2, 0) is 14.1 Å². The molecule has 0 aliphatic carbocycles. The summed E-state index contributed by atoms with van der Waals surface area (Å²) < 4.78 is 8.14. The number of benzene rings is 1. The van der Waals surface area contributed by atoms with Crippen LogP contribution in [0.25, 0.3) is 0 Å². The molecule has 0 spiro atoms. The van der Waals surface area contributed by atoms with Gasteiger partial charge in [-0.25, -0.2) is 4.79 Å². The largest absolute Gasteiger partial charge is 0.495 e. The fraction of sp³-hybridized carbons (Fsp3) is 0.478. The number of ether oxygens (including phenoxy) is 1. The Kier molecular flexibility index (Phi) is 5.86. The lowest BCUT2D eigenvalue weighted by Gasteiger charge is -2.37. The summed E-state index contributed by atoms with van der Waals surface area (Å²) in [6, 6.07) is 8.17. The minimum Gasteiger partial charge on any atom is -0.495 e. The number of para-hydroxylation sites is 2. The number of aromatic nitrogens is 2. The fourth-order valence-electron chi connectivity index (χ4n) is 4.87. The van der Waals surface area contributed by atoms with Gasteiger partial charge in [-0.1, -0.05) is 12.1 Å². The minimum atomic E-state index is -0.340. The van der Waals surface area contributed by atoms with Crippen molar-refractivity contribution in [1.29, 1.82) is 0 Å². The molecule has 2 aromatic rings. The van der Waals surface area contributed by atoms with Crippen LogP contribution in [0.2, 0.25) is 0 Å². The number of nitrogens with one attached hydrogen (secondary N) is 3. The summed E-state index contributed by atoms with van der Waals surface area (Å²) in [7, 11) is 4.90. The Morgan fingerprint density at radius 2 is 1.82 bits per heavy atom. The Morgan fingerprint density at radius 3 is 2.59 bits per heavy atom. The molecule has 11 nitrogen and oxygen atoms in total. The van der Waals surface area contributed by atoms with E-state index in [0.717, 1.165) is 61.1 Å². The van der Waals surface area contributed by atoms with Crippen LogP contribution < -0.4 is 41.7 Å². The number of fused-ring (bicyclic) bond motifs is 3. The number of rotatable bonds is 6. The zero-order valence-corrected chi connectivity index (χ0v) is 19.9. The van der Waals surface area contributed by atoms with Gasteiger partial charge in [-0.15, -0.1) is 0 Å². The lowest BCUT2D eigenvalue weighted by molar-refractivity contribution is 0.258. The number of hydrogen-bond acceptors (Lipinski definition) is 9. The number of hydrogen-bond donors (Lipinski definition) is 3. The molecule has 11 heteroatoms. The molecule has 1 unspecified atom stereocenters. The van der Waals surface area contributed by atoms with Crippen LogP contribution in [-0.4, -0.2) is 73.2 Å². The second kappa shape index (κ2) is 8.98.